The summed E-state index contributed by atoms with van der Waals surface area (Å²) >= 11 is 0. The monoisotopic (exact) mass is 699 g/mol. The summed E-state index contributed by atoms with van der Waals surface area (Å²) in [4.78, 5) is 7.51. The second-order valence-corrected chi connectivity index (χ2v) is 21.2. The normalized spacial score (nSPS) is 13.5. The van der Waals surface area contributed by atoms with Gasteiger partial charge in [-0.25, -0.2) is 0 Å². The van der Waals surface area contributed by atoms with Gasteiger partial charge in [0.1, 0.15) is 0 Å². The van der Waals surface area contributed by atoms with Crippen LogP contribution < -0.4 is 10.1 Å². The molecule has 0 fully saturated rings. The third kappa shape index (κ3) is 4.89. The van der Waals surface area contributed by atoms with Gasteiger partial charge in [-0.15, -0.1) is 0 Å². The van der Waals surface area contributed by atoms with Crippen molar-refractivity contribution in [1.29, 1.82) is 0 Å². The lowest BCUT2D eigenvalue weighted by Crippen LogP contribution is -2.37. The van der Waals surface area contributed by atoms with Crippen LogP contribution in [-0.2, 0) is 5.41 Å². The van der Waals surface area contributed by atoms with Crippen LogP contribution in [0.4, 0.5) is 17.1 Å². The molecule has 2 heterocycles. The molecule has 0 saturated heterocycles. The second-order valence-electron chi connectivity index (χ2n) is 16.1. The third-order valence-electron chi connectivity index (χ3n) is 11.5. The summed E-state index contributed by atoms with van der Waals surface area (Å²) in [6, 6.07) is 56.0. The van der Waals surface area contributed by atoms with Crippen LogP contribution in [0.5, 0.6) is 0 Å². The highest BCUT2D eigenvalue weighted by Crippen LogP contribution is 2.51. The Kier molecular flexibility index (Phi) is 6.89. The van der Waals surface area contributed by atoms with Crippen LogP contribution in [0.3, 0.4) is 0 Å². The number of fused-ring (bicyclic) bond motifs is 3. The Morgan fingerprint density at radius 1 is 0.547 bits per heavy atom. The minimum absolute atomic E-state index is 0.125. The number of rotatable bonds is 6. The Bertz CT molecular complexity index is 2880. The van der Waals surface area contributed by atoms with E-state index >= 15 is 0 Å². The Labute approximate surface area is 311 Å². The number of nitrogens with zero attached hydrogens (tertiary/aromatic N) is 3. The van der Waals surface area contributed by atoms with Crippen molar-refractivity contribution < 1.29 is 0 Å². The van der Waals surface area contributed by atoms with E-state index in [2.05, 4.69) is 195 Å². The van der Waals surface area contributed by atoms with Crippen molar-refractivity contribution in [3.63, 3.8) is 0 Å². The smallest absolute Gasteiger partial charge is 0.0775 e. The molecule has 7 aromatic carbocycles. The first-order valence-corrected chi connectivity index (χ1v) is 22.1. The number of pyridine rings is 1. The summed E-state index contributed by atoms with van der Waals surface area (Å²) in [6.45, 7) is 11.9. The van der Waals surface area contributed by atoms with Gasteiger partial charge in [0.15, 0.2) is 0 Å². The summed E-state index contributed by atoms with van der Waals surface area (Å²) in [5, 5.41) is 9.26. The largest absolute Gasteiger partial charge is 0.309 e. The molecule has 3 nitrogen and oxygen atoms in total. The fraction of sp³-hybridized carbons (Fsp3) is 0.122. The molecule has 0 N–H and O–H groups in total. The van der Waals surface area contributed by atoms with E-state index in [4.69, 9.17) is 4.98 Å². The number of benzene rings is 7. The zero-order valence-electron chi connectivity index (χ0n) is 30.9. The molecule has 0 bridgehead atoms. The molecular weight excluding hydrogens is 659 g/mol. The predicted octanol–water partition coefficient (Wildman–Crippen LogP) is 12.8. The molecule has 0 atom stereocenters. The fourth-order valence-electron chi connectivity index (χ4n) is 8.75. The van der Waals surface area contributed by atoms with Crippen LogP contribution >= 0.6 is 0 Å². The van der Waals surface area contributed by atoms with Crippen LogP contribution in [0.1, 0.15) is 25.0 Å². The van der Waals surface area contributed by atoms with Crippen LogP contribution in [0, 0.1) is 0 Å². The molecule has 0 radical (unpaired) electrons. The zero-order valence-corrected chi connectivity index (χ0v) is 31.9. The maximum atomic E-state index is 5.11. The molecule has 2 aromatic heterocycles. The Morgan fingerprint density at radius 3 is 2.04 bits per heavy atom. The lowest BCUT2D eigenvalue weighted by Gasteiger charge is -2.28. The number of aromatic nitrogens is 2. The molecule has 1 aliphatic rings. The van der Waals surface area contributed by atoms with Crippen molar-refractivity contribution in [2.75, 3.05) is 4.90 Å². The van der Waals surface area contributed by atoms with Gasteiger partial charge in [-0.1, -0.05) is 130 Å². The molecule has 0 aliphatic heterocycles. The maximum absolute atomic E-state index is 5.11. The van der Waals surface area contributed by atoms with E-state index in [1.165, 1.54) is 59.7 Å². The summed E-state index contributed by atoms with van der Waals surface area (Å²) < 4.78 is 2.38. The standard InChI is InChI=1S/C49H41N3Si/c1-49(2)42-16-11-12-33-18-19-34-28-38(30-43(49)48(34)47(33)42)51(37-22-26-44(50-31-37)32-20-24-39(25-21-32)53(3,4)5)36-23-27-46-41(29-36)40-15-9-10-17-45(40)52(46)35-13-7-6-8-14-35/h6-31H,1-5H3. The van der Waals surface area contributed by atoms with Crippen molar-refractivity contribution in [1.82, 2.24) is 9.55 Å². The molecule has 0 amide bonds. The minimum atomic E-state index is -1.39. The van der Waals surface area contributed by atoms with Crippen LogP contribution in [0.25, 0.3) is 60.3 Å². The maximum Gasteiger partial charge on any atom is 0.0775 e. The van der Waals surface area contributed by atoms with Crippen LogP contribution in [0.15, 0.2) is 158 Å². The SMILES string of the molecule is CC1(C)c2cccc3ccc4cc(N(c5ccc(-c6ccc([Si](C)(C)C)cc6)nc5)c5ccc6c(c5)c5ccccc5n6-c5ccccc5)cc1c4c23. The van der Waals surface area contributed by atoms with Gasteiger partial charge in [0.25, 0.3) is 0 Å². The van der Waals surface area contributed by atoms with E-state index in [-0.39, 0.29) is 5.41 Å². The number of anilines is 3. The Morgan fingerprint density at radius 2 is 1.26 bits per heavy atom. The second kappa shape index (κ2) is 11.5. The molecule has 4 heteroatoms. The van der Waals surface area contributed by atoms with E-state index in [0.29, 0.717) is 0 Å². The summed E-state index contributed by atoms with van der Waals surface area (Å²) in [6.07, 6.45) is 2.05. The molecule has 9 aromatic rings. The number of hydrogen-bond donors (Lipinski definition) is 0. The Hall–Kier alpha value is -5.97. The van der Waals surface area contributed by atoms with Crippen molar-refractivity contribution >= 4 is 73.7 Å². The van der Waals surface area contributed by atoms with Gasteiger partial charge >= 0.3 is 0 Å². The summed E-state index contributed by atoms with van der Waals surface area (Å²) in [5.41, 5.74) is 11.6. The van der Waals surface area contributed by atoms with Crippen molar-refractivity contribution in [3.05, 3.63) is 169 Å². The molecule has 0 unspecified atom stereocenters. The molecule has 0 saturated carbocycles. The summed E-state index contributed by atoms with van der Waals surface area (Å²) in [7, 11) is -1.39. The molecule has 0 spiro atoms. The van der Waals surface area contributed by atoms with Crippen molar-refractivity contribution in [2.45, 2.75) is 38.9 Å². The fourth-order valence-corrected chi connectivity index (χ4v) is 9.91. The lowest BCUT2D eigenvalue weighted by atomic mass is 9.81. The van der Waals surface area contributed by atoms with E-state index in [0.717, 1.165) is 34.0 Å². The first kappa shape index (κ1) is 31.7. The highest BCUT2D eigenvalue weighted by atomic mass is 28.3. The minimum Gasteiger partial charge on any atom is -0.309 e. The van der Waals surface area contributed by atoms with Gasteiger partial charge in [0.2, 0.25) is 0 Å². The highest BCUT2D eigenvalue weighted by Gasteiger charge is 2.35. The van der Waals surface area contributed by atoms with Gasteiger partial charge in [-0.05, 0) is 93.3 Å². The van der Waals surface area contributed by atoms with E-state index in [1.807, 2.05) is 6.20 Å². The van der Waals surface area contributed by atoms with Gasteiger partial charge < -0.3 is 9.47 Å². The topological polar surface area (TPSA) is 21.1 Å². The quantitative estimate of drug-likeness (QED) is 0.127. The first-order chi connectivity index (χ1) is 25.7. The molecular formula is C49H41N3Si. The first-order valence-electron chi connectivity index (χ1n) is 18.6. The number of hydrogen-bond acceptors (Lipinski definition) is 2. The van der Waals surface area contributed by atoms with Gasteiger partial charge in [-0.3, -0.25) is 4.98 Å². The van der Waals surface area contributed by atoms with E-state index < -0.39 is 8.07 Å². The van der Waals surface area contributed by atoms with E-state index in [9.17, 15) is 0 Å². The Balaban J connectivity index is 1.18. The number of para-hydroxylation sites is 2. The van der Waals surface area contributed by atoms with Crippen LogP contribution in [-0.4, -0.2) is 17.6 Å². The summed E-state index contributed by atoms with van der Waals surface area (Å²) in [5.74, 6) is 0. The van der Waals surface area contributed by atoms with E-state index in [1.54, 1.807) is 0 Å². The van der Waals surface area contributed by atoms with Crippen molar-refractivity contribution in [3.8, 4) is 16.9 Å². The third-order valence-corrected chi connectivity index (χ3v) is 13.6. The molecule has 1 aliphatic carbocycles. The van der Waals surface area contributed by atoms with Gasteiger partial charge in [0.05, 0.1) is 36.7 Å². The van der Waals surface area contributed by atoms with Crippen molar-refractivity contribution in [2.24, 2.45) is 0 Å². The average Bonchev–Trinajstić information content (AvgIpc) is 3.63. The lowest BCUT2D eigenvalue weighted by molar-refractivity contribution is 0.663. The zero-order chi connectivity index (χ0) is 36.1. The molecule has 256 valence electrons. The molecule has 10 rings (SSSR count). The van der Waals surface area contributed by atoms with Gasteiger partial charge in [-0.2, -0.15) is 0 Å². The molecule has 53 heavy (non-hydrogen) atoms. The average molecular weight is 700 g/mol. The highest BCUT2D eigenvalue weighted by molar-refractivity contribution is 6.88. The van der Waals surface area contributed by atoms with Gasteiger partial charge in [0, 0.05) is 38.8 Å². The predicted molar refractivity (Wildman–Crippen MR) is 229 cm³/mol. The van der Waals surface area contributed by atoms with Crippen LogP contribution in [0.2, 0.25) is 19.6 Å².